The molecule has 0 aromatic carbocycles. The van der Waals surface area contributed by atoms with Gasteiger partial charge in [-0.15, -0.1) is 5.10 Å². The third-order valence-corrected chi connectivity index (χ3v) is 0.633. The van der Waals surface area contributed by atoms with Crippen molar-refractivity contribution in [3.63, 3.8) is 0 Å². The molecule has 0 aliphatic heterocycles. The lowest BCUT2D eigenvalue weighted by Crippen LogP contribution is -1.85. The first-order valence-corrected chi connectivity index (χ1v) is 1.90. The van der Waals surface area contributed by atoms with Gasteiger partial charge in [-0.1, -0.05) is 0 Å². The van der Waals surface area contributed by atoms with E-state index in [2.05, 4.69) is 11.3 Å². The molecule has 0 aliphatic rings. The van der Waals surface area contributed by atoms with Gasteiger partial charge in [0.25, 0.3) is 0 Å². The minimum Gasteiger partial charge on any atom is -0.492 e. The first kappa shape index (κ1) is 4.18. The van der Waals surface area contributed by atoms with Crippen LogP contribution < -0.4 is 0 Å². The summed E-state index contributed by atoms with van der Waals surface area (Å²) < 4.78 is 1.41. The summed E-state index contributed by atoms with van der Waals surface area (Å²) in [5.41, 5.74) is 0. The van der Waals surface area contributed by atoms with Crippen molar-refractivity contribution in [3.05, 3.63) is 12.3 Å². The number of hydrogen-bond acceptors (Lipinski definition) is 2. The van der Waals surface area contributed by atoms with Crippen molar-refractivity contribution in [3.8, 4) is 5.88 Å². The van der Waals surface area contributed by atoms with Crippen molar-refractivity contribution in [2.75, 3.05) is 0 Å². The molecule has 0 aliphatic carbocycles. The van der Waals surface area contributed by atoms with Crippen LogP contribution >= 0.6 is 0 Å². The predicted molar refractivity (Wildman–Crippen MR) is 23.7 cm³/mol. The Morgan fingerprint density at radius 3 is 2.86 bits per heavy atom. The summed E-state index contributed by atoms with van der Waals surface area (Å²) in [6.07, 6.45) is 2.62. The largest absolute Gasteiger partial charge is 0.492 e. The summed E-state index contributed by atoms with van der Waals surface area (Å²) in [5, 5.41) is 12.0. The minimum atomic E-state index is 0.0162. The number of aromatic nitrogens is 2. The van der Waals surface area contributed by atoms with Gasteiger partial charge in [-0.25, -0.2) is 0 Å². The van der Waals surface area contributed by atoms with Crippen molar-refractivity contribution in [1.82, 2.24) is 9.78 Å². The quantitative estimate of drug-likeness (QED) is 0.492. The Kier molecular flexibility index (Phi) is 0.749. The average molecular weight is 97.1 g/mol. The number of aryl methyl sites for hydroxylation is 1. The fourth-order valence-corrected chi connectivity index (χ4v) is 0.363. The van der Waals surface area contributed by atoms with E-state index in [1.165, 1.54) is 10.7 Å². The van der Waals surface area contributed by atoms with Crippen LogP contribution in [-0.2, 0) is 7.05 Å². The van der Waals surface area contributed by atoms with Crippen LogP contribution in [-0.4, -0.2) is 14.9 Å². The summed E-state index contributed by atoms with van der Waals surface area (Å²) in [4.78, 5) is 0. The van der Waals surface area contributed by atoms with Gasteiger partial charge < -0.3 is 5.11 Å². The van der Waals surface area contributed by atoms with Crippen molar-refractivity contribution in [2.24, 2.45) is 7.05 Å². The van der Waals surface area contributed by atoms with Crippen molar-refractivity contribution in [1.29, 1.82) is 0 Å². The number of aromatic hydroxyl groups is 1. The molecular formula is C4H5N2O. The molecule has 1 radical (unpaired) electrons. The van der Waals surface area contributed by atoms with Crippen LogP contribution in [0.2, 0.25) is 0 Å². The Morgan fingerprint density at radius 2 is 2.71 bits per heavy atom. The van der Waals surface area contributed by atoms with E-state index in [4.69, 9.17) is 5.11 Å². The van der Waals surface area contributed by atoms with Crippen LogP contribution in [0.4, 0.5) is 0 Å². The number of nitrogens with zero attached hydrogens (tertiary/aromatic N) is 2. The second-order valence-corrected chi connectivity index (χ2v) is 1.26. The fraction of sp³-hybridized carbons (Fsp3) is 0.250. The molecule has 0 atom stereocenters. The van der Waals surface area contributed by atoms with Gasteiger partial charge in [-0.05, 0) is 0 Å². The maximum atomic E-state index is 8.49. The molecule has 0 unspecified atom stereocenters. The van der Waals surface area contributed by atoms with Gasteiger partial charge in [0.1, 0.15) is 0 Å². The van der Waals surface area contributed by atoms with Crippen LogP contribution in [0, 0.1) is 6.20 Å². The zero-order chi connectivity index (χ0) is 5.28. The minimum absolute atomic E-state index is 0.0162. The molecule has 0 bridgehead atoms. The topological polar surface area (TPSA) is 38.0 Å². The number of rotatable bonds is 0. The standard InChI is InChI=1S/C4H5N2O/c1-6-3-2-4(7)5-6/h2H,1H3,(H,5,7). The van der Waals surface area contributed by atoms with Gasteiger partial charge in [0.05, 0.1) is 6.20 Å². The summed E-state index contributed by atoms with van der Waals surface area (Å²) in [7, 11) is 1.69. The monoisotopic (exact) mass is 97.0 g/mol. The lowest BCUT2D eigenvalue weighted by atomic mass is 10.7. The maximum Gasteiger partial charge on any atom is 0.230 e. The maximum absolute atomic E-state index is 8.49. The van der Waals surface area contributed by atoms with Gasteiger partial charge >= 0.3 is 0 Å². The molecule has 7 heavy (non-hydrogen) atoms. The molecule has 3 nitrogen and oxygen atoms in total. The lowest BCUT2D eigenvalue weighted by molar-refractivity contribution is 0.444. The molecule has 1 N–H and O–H groups in total. The first-order valence-electron chi connectivity index (χ1n) is 1.90. The van der Waals surface area contributed by atoms with E-state index < -0.39 is 0 Å². The first-order chi connectivity index (χ1) is 3.29. The van der Waals surface area contributed by atoms with Gasteiger partial charge in [0, 0.05) is 13.1 Å². The van der Waals surface area contributed by atoms with Gasteiger partial charge in [0.2, 0.25) is 5.88 Å². The molecule has 0 saturated heterocycles. The molecule has 0 saturated carbocycles. The van der Waals surface area contributed by atoms with E-state index in [0.29, 0.717) is 0 Å². The summed E-state index contributed by atoms with van der Waals surface area (Å²) in [5.74, 6) is 0.0162. The van der Waals surface area contributed by atoms with Crippen LogP contribution in [0.1, 0.15) is 0 Å². The highest BCUT2D eigenvalue weighted by molar-refractivity contribution is 5.00. The highest BCUT2D eigenvalue weighted by atomic mass is 16.3. The zero-order valence-electron chi connectivity index (χ0n) is 3.92. The Labute approximate surface area is 41.2 Å². The van der Waals surface area contributed by atoms with Gasteiger partial charge in [-0.3, -0.25) is 4.68 Å². The van der Waals surface area contributed by atoms with E-state index in [1.807, 2.05) is 0 Å². The second-order valence-electron chi connectivity index (χ2n) is 1.26. The third-order valence-electron chi connectivity index (χ3n) is 0.633. The van der Waals surface area contributed by atoms with E-state index in [9.17, 15) is 0 Å². The molecule has 1 heterocycles. The predicted octanol–water partition coefficient (Wildman–Crippen LogP) is -0.0741. The average Bonchev–Trinajstić information content (AvgIpc) is 1.87. The summed E-state index contributed by atoms with van der Waals surface area (Å²) in [6, 6.07) is 1.40. The Hall–Kier alpha value is -0.990. The molecule has 1 aromatic rings. The molecule has 0 spiro atoms. The molecule has 0 fully saturated rings. The zero-order valence-corrected chi connectivity index (χ0v) is 3.92. The van der Waals surface area contributed by atoms with Gasteiger partial charge in [-0.2, -0.15) is 0 Å². The highest BCUT2D eigenvalue weighted by Gasteiger charge is 1.86. The molecule has 0 amide bonds. The van der Waals surface area contributed by atoms with E-state index in [0.717, 1.165) is 0 Å². The fourth-order valence-electron chi connectivity index (χ4n) is 0.363. The Morgan fingerprint density at radius 1 is 2.00 bits per heavy atom. The molecule has 3 heteroatoms. The lowest BCUT2D eigenvalue weighted by Gasteiger charge is -1.78. The third kappa shape index (κ3) is 0.707. The highest BCUT2D eigenvalue weighted by Crippen LogP contribution is 1.97. The molecule has 37 valence electrons. The SMILES string of the molecule is Cn1[c]cc(O)n1. The Bertz CT molecular complexity index is 142. The van der Waals surface area contributed by atoms with Crippen molar-refractivity contribution >= 4 is 0 Å². The Balaban J connectivity index is 3.04. The molecule has 1 rings (SSSR count). The summed E-state index contributed by atoms with van der Waals surface area (Å²) >= 11 is 0. The van der Waals surface area contributed by atoms with E-state index in [-0.39, 0.29) is 5.88 Å². The van der Waals surface area contributed by atoms with Crippen molar-refractivity contribution in [2.45, 2.75) is 0 Å². The number of hydrogen-bond donors (Lipinski definition) is 1. The second kappa shape index (κ2) is 1.26. The van der Waals surface area contributed by atoms with Gasteiger partial charge in [0.15, 0.2) is 0 Å². The van der Waals surface area contributed by atoms with Crippen molar-refractivity contribution < 1.29 is 5.11 Å². The van der Waals surface area contributed by atoms with E-state index in [1.54, 1.807) is 7.05 Å². The van der Waals surface area contributed by atoms with Crippen LogP contribution in [0.5, 0.6) is 5.88 Å². The molecule has 1 aromatic heterocycles. The van der Waals surface area contributed by atoms with Crippen LogP contribution in [0.15, 0.2) is 6.07 Å². The van der Waals surface area contributed by atoms with Crippen LogP contribution in [0.3, 0.4) is 0 Å². The molecular weight excluding hydrogens is 92.1 g/mol. The van der Waals surface area contributed by atoms with Crippen LogP contribution in [0.25, 0.3) is 0 Å². The summed E-state index contributed by atoms with van der Waals surface area (Å²) in [6.45, 7) is 0. The van der Waals surface area contributed by atoms with E-state index >= 15 is 0 Å². The normalized spacial score (nSPS) is 9.29. The smallest absolute Gasteiger partial charge is 0.230 e.